The third-order valence-electron chi connectivity index (χ3n) is 2.61. The van der Waals surface area contributed by atoms with E-state index in [1.54, 1.807) is 0 Å². The Hall–Kier alpha value is -1.28. The van der Waals surface area contributed by atoms with Crippen molar-refractivity contribution < 1.29 is 4.84 Å². The zero-order valence-electron chi connectivity index (χ0n) is 9.42. The molecule has 18 heavy (non-hydrogen) atoms. The summed E-state index contributed by atoms with van der Waals surface area (Å²) in [4.78, 5) is 5.52. The van der Waals surface area contributed by atoms with Crippen molar-refractivity contribution in [3.8, 4) is 0 Å². The van der Waals surface area contributed by atoms with Gasteiger partial charge in [0.1, 0.15) is 0 Å². The molecular formula is C14H10ClNOSe. The van der Waals surface area contributed by atoms with Gasteiger partial charge in [-0.05, 0) is 0 Å². The Morgan fingerprint density at radius 2 is 1.72 bits per heavy atom. The second kappa shape index (κ2) is 5.15. The maximum absolute atomic E-state index is 5.88. The summed E-state index contributed by atoms with van der Waals surface area (Å²) >= 11 is 6.07. The van der Waals surface area contributed by atoms with E-state index in [0.29, 0.717) is 0 Å². The van der Waals surface area contributed by atoms with Gasteiger partial charge in [0.15, 0.2) is 0 Å². The van der Waals surface area contributed by atoms with Crippen LogP contribution in [0.5, 0.6) is 0 Å². The van der Waals surface area contributed by atoms with Gasteiger partial charge in [0.05, 0.1) is 0 Å². The van der Waals surface area contributed by atoms with Crippen molar-refractivity contribution in [2.75, 3.05) is 0 Å². The SMILES string of the molecule is Clc1ccc(C2=NOC(c3ccccc3)[Se]2)cc1. The van der Waals surface area contributed by atoms with Gasteiger partial charge in [0.2, 0.25) is 0 Å². The molecule has 0 fully saturated rings. The van der Waals surface area contributed by atoms with Gasteiger partial charge < -0.3 is 0 Å². The minimum atomic E-state index is 0.0874. The molecule has 90 valence electrons. The van der Waals surface area contributed by atoms with Gasteiger partial charge in [-0.3, -0.25) is 0 Å². The fraction of sp³-hybridized carbons (Fsp3) is 0.0714. The maximum atomic E-state index is 5.88. The van der Waals surface area contributed by atoms with Crippen molar-refractivity contribution in [1.82, 2.24) is 0 Å². The average molecular weight is 323 g/mol. The van der Waals surface area contributed by atoms with Crippen LogP contribution >= 0.6 is 11.6 Å². The number of nitrogens with zero attached hydrogens (tertiary/aromatic N) is 1. The Balaban J connectivity index is 1.77. The van der Waals surface area contributed by atoms with Crippen LogP contribution in [0.25, 0.3) is 0 Å². The fourth-order valence-electron chi connectivity index (χ4n) is 1.69. The molecule has 2 nitrogen and oxygen atoms in total. The Morgan fingerprint density at radius 3 is 2.44 bits per heavy atom. The number of rotatable bonds is 2. The molecule has 2 aromatic carbocycles. The first kappa shape index (κ1) is 11.8. The predicted octanol–water partition coefficient (Wildman–Crippen LogP) is 3.43. The summed E-state index contributed by atoms with van der Waals surface area (Å²) in [5.74, 6) is 0. The first-order valence-corrected chi connectivity index (χ1v) is 7.76. The Bertz CT molecular complexity index is 568. The molecule has 0 saturated heterocycles. The van der Waals surface area contributed by atoms with E-state index in [-0.39, 0.29) is 20.0 Å². The Morgan fingerprint density at radius 1 is 1.00 bits per heavy atom. The number of oxime groups is 1. The molecule has 0 aromatic heterocycles. The molecule has 1 aliphatic heterocycles. The summed E-state index contributed by atoms with van der Waals surface area (Å²) in [6.07, 6.45) is 0. The quantitative estimate of drug-likeness (QED) is 0.776. The molecule has 0 spiro atoms. The number of halogens is 1. The van der Waals surface area contributed by atoms with Crippen LogP contribution in [0, 0.1) is 0 Å². The molecule has 1 unspecified atom stereocenters. The van der Waals surface area contributed by atoms with Crippen LogP contribution in [0.2, 0.25) is 5.02 Å². The summed E-state index contributed by atoms with van der Waals surface area (Å²) in [6, 6.07) is 17.9. The van der Waals surface area contributed by atoms with Gasteiger partial charge in [-0.2, -0.15) is 0 Å². The van der Waals surface area contributed by atoms with Crippen molar-refractivity contribution in [2.24, 2.45) is 5.16 Å². The molecule has 0 bridgehead atoms. The predicted molar refractivity (Wildman–Crippen MR) is 74.0 cm³/mol. The Kier molecular flexibility index (Phi) is 3.37. The van der Waals surface area contributed by atoms with Crippen molar-refractivity contribution in [1.29, 1.82) is 0 Å². The molecule has 4 heteroatoms. The van der Waals surface area contributed by atoms with Gasteiger partial charge in [-0.25, -0.2) is 0 Å². The summed E-state index contributed by atoms with van der Waals surface area (Å²) in [7, 11) is 0. The van der Waals surface area contributed by atoms with Crippen LogP contribution in [0.4, 0.5) is 0 Å². The van der Waals surface area contributed by atoms with Crippen LogP contribution in [0.1, 0.15) is 16.1 Å². The molecule has 0 N–H and O–H groups in total. The third kappa shape index (κ3) is 2.44. The van der Waals surface area contributed by atoms with Gasteiger partial charge in [-0.1, -0.05) is 0 Å². The minimum absolute atomic E-state index is 0.0874. The number of hydrogen-bond acceptors (Lipinski definition) is 2. The van der Waals surface area contributed by atoms with Crippen LogP contribution in [0.15, 0.2) is 59.8 Å². The summed E-state index contributed by atoms with van der Waals surface area (Å²) in [5.41, 5.74) is 2.28. The normalized spacial score (nSPS) is 18.3. The molecule has 0 saturated carbocycles. The number of hydrogen-bond donors (Lipinski definition) is 0. The van der Waals surface area contributed by atoms with Crippen molar-refractivity contribution in [2.45, 2.75) is 5.00 Å². The molecule has 3 rings (SSSR count). The molecule has 0 aliphatic carbocycles. The van der Waals surface area contributed by atoms with Crippen LogP contribution in [0.3, 0.4) is 0 Å². The van der Waals surface area contributed by atoms with Gasteiger partial charge in [-0.15, -0.1) is 0 Å². The average Bonchev–Trinajstić information content (AvgIpc) is 2.90. The van der Waals surface area contributed by atoms with Crippen molar-refractivity contribution in [3.63, 3.8) is 0 Å². The van der Waals surface area contributed by atoms with E-state index in [1.165, 1.54) is 5.56 Å². The van der Waals surface area contributed by atoms with Crippen LogP contribution < -0.4 is 0 Å². The second-order valence-electron chi connectivity index (χ2n) is 3.87. The molecule has 1 atom stereocenters. The van der Waals surface area contributed by atoms with Crippen molar-refractivity contribution in [3.05, 3.63) is 70.7 Å². The zero-order valence-corrected chi connectivity index (χ0v) is 11.9. The summed E-state index contributed by atoms with van der Waals surface area (Å²) in [5, 5.41) is 5.02. The van der Waals surface area contributed by atoms with Gasteiger partial charge in [0.25, 0.3) is 0 Å². The van der Waals surface area contributed by atoms with Crippen molar-refractivity contribution >= 4 is 31.2 Å². The van der Waals surface area contributed by atoms with E-state index in [9.17, 15) is 0 Å². The van der Waals surface area contributed by atoms with Crippen LogP contribution in [-0.2, 0) is 4.84 Å². The first-order valence-electron chi connectivity index (χ1n) is 5.54. The molecule has 2 aromatic rings. The molecule has 0 radical (unpaired) electrons. The van der Waals surface area contributed by atoms with Gasteiger partial charge in [0, 0.05) is 0 Å². The first-order chi connectivity index (χ1) is 8.83. The number of benzene rings is 2. The topological polar surface area (TPSA) is 21.6 Å². The molecule has 1 heterocycles. The summed E-state index contributed by atoms with van der Waals surface area (Å²) < 4.78 is 1.04. The second-order valence-corrected chi connectivity index (χ2v) is 6.51. The van der Waals surface area contributed by atoms with E-state index in [4.69, 9.17) is 16.4 Å². The fourth-order valence-corrected chi connectivity index (χ4v) is 3.79. The molecular weight excluding hydrogens is 313 g/mol. The van der Waals surface area contributed by atoms with E-state index >= 15 is 0 Å². The molecule has 1 aliphatic rings. The van der Waals surface area contributed by atoms with E-state index in [1.807, 2.05) is 42.5 Å². The summed E-state index contributed by atoms with van der Waals surface area (Å²) in [6.45, 7) is 0. The van der Waals surface area contributed by atoms with Gasteiger partial charge >= 0.3 is 117 Å². The van der Waals surface area contributed by atoms with Crippen LogP contribution in [-0.4, -0.2) is 19.6 Å². The third-order valence-corrected chi connectivity index (χ3v) is 5.18. The Labute approximate surface area is 117 Å². The van der Waals surface area contributed by atoms with E-state index in [2.05, 4.69) is 17.3 Å². The van der Waals surface area contributed by atoms with E-state index < -0.39 is 0 Å². The zero-order chi connectivity index (χ0) is 12.4. The standard InChI is InChI=1S/C14H10ClNOSe/c15-12-8-6-10(7-9-12)13-16-17-14(18-13)11-4-2-1-3-5-11/h1-9,14H. The monoisotopic (exact) mass is 323 g/mol. The van der Waals surface area contributed by atoms with E-state index in [0.717, 1.165) is 15.2 Å². The molecule has 0 amide bonds.